The third-order valence-electron chi connectivity index (χ3n) is 0.642. The highest BCUT2D eigenvalue weighted by Gasteiger charge is 1.79. The van der Waals surface area contributed by atoms with Crippen LogP contribution in [0.3, 0.4) is 0 Å². The first kappa shape index (κ1) is 10.4. The number of nitrogens with zero attached hydrogens (tertiary/aromatic N) is 1. The zero-order valence-electron chi connectivity index (χ0n) is 5.09. The van der Waals surface area contributed by atoms with Crippen LogP contribution in [0.1, 0.15) is 19.8 Å². The Morgan fingerprint density at radius 1 is 1.62 bits per heavy atom. The van der Waals surface area contributed by atoms with Gasteiger partial charge in [0, 0.05) is 0 Å². The molecule has 4 heteroatoms. The molecular formula is C4H12N2O2. The molecule has 3 N–H and O–H groups in total. The number of rotatable bonds is 4. The van der Waals surface area contributed by atoms with E-state index in [-0.39, 0.29) is 6.15 Å². The van der Waals surface area contributed by atoms with Gasteiger partial charge in [-0.05, 0) is 6.42 Å². The van der Waals surface area contributed by atoms with Crippen LogP contribution in [0.4, 0.5) is 0 Å². The van der Waals surface area contributed by atoms with Gasteiger partial charge in [0.05, 0.1) is 0 Å². The van der Waals surface area contributed by atoms with E-state index in [4.69, 9.17) is 0 Å². The Balaban J connectivity index is 0. The third-order valence-corrected chi connectivity index (χ3v) is 0.642. The molecule has 0 aliphatic rings. The van der Waals surface area contributed by atoms with Gasteiger partial charge in [-0.1, -0.05) is 13.3 Å². The summed E-state index contributed by atoms with van der Waals surface area (Å²) in [7, 11) is 0. The molecule has 4 nitrogen and oxygen atoms in total. The Kier molecular flexibility index (Phi) is 12.5. The molecular weight excluding hydrogens is 108 g/mol. The molecule has 0 aromatic rings. The molecule has 8 heavy (non-hydrogen) atoms. The van der Waals surface area contributed by atoms with Crippen molar-refractivity contribution in [1.82, 2.24) is 6.15 Å². The summed E-state index contributed by atoms with van der Waals surface area (Å²) in [6, 6.07) is 0. The minimum atomic E-state index is 0. The first-order valence-electron chi connectivity index (χ1n) is 2.36. The highest BCUT2D eigenvalue weighted by atomic mass is 16.7. The van der Waals surface area contributed by atoms with Gasteiger partial charge in [-0.2, -0.15) is 0 Å². The van der Waals surface area contributed by atoms with E-state index in [0.717, 1.165) is 12.8 Å². The normalized spacial score (nSPS) is 7.12. The summed E-state index contributed by atoms with van der Waals surface area (Å²) in [6.45, 7) is 2.48. The Bertz CT molecular complexity index is 49.3. The van der Waals surface area contributed by atoms with Gasteiger partial charge in [0.25, 0.3) is 0 Å². The summed E-state index contributed by atoms with van der Waals surface area (Å²) in [5.74, 6) is 0. The van der Waals surface area contributed by atoms with Crippen LogP contribution < -0.4 is 6.15 Å². The average Bonchev–Trinajstić information content (AvgIpc) is 1.69. The van der Waals surface area contributed by atoms with Gasteiger partial charge in [0.1, 0.15) is 6.61 Å². The molecule has 50 valence electrons. The van der Waals surface area contributed by atoms with Crippen molar-refractivity contribution in [3.8, 4) is 0 Å². The summed E-state index contributed by atoms with van der Waals surface area (Å²) in [4.78, 5) is 13.4. The minimum absolute atomic E-state index is 0. The SMILES string of the molecule is CCCCON=O.N. The van der Waals surface area contributed by atoms with Crippen LogP contribution in [-0.2, 0) is 4.84 Å². The Labute approximate surface area is 48.7 Å². The van der Waals surface area contributed by atoms with Crippen LogP contribution in [0.2, 0.25) is 0 Å². The van der Waals surface area contributed by atoms with Crippen LogP contribution in [0, 0.1) is 4.91 Å². The third kappa shape index (κ3) is 9.03. The lowest BCUT2D eigenvalue weighted by Gasteiger charge is -1.88. The van der Waals surface area contributed by atoms with Crippen molar-refractivity contribution in [2.45, 2.75) is 19.8 Å². The van der Waals surface area contributed by atoms with E-state index >= 15 is 0 Å². The monoisotopic (exact) mass is 120 g/mol. The predicted molar refractivity (Wildman–Crippen MR) is 31.7 cm³/mol. The molecule has 0 rings (SSSR count). The van der Waals surface area contributed by atoms with E-state index in [1.54, 1.807) is 0 Å². The van der Waals surface area contributed by atoms with E-state index in [1.165, 1.54) is 0 Å². The molecule has 0 heterocycles. The number of hydrogen-bond acceptors (Lipinski definition) is 4. The molecule has 0 unspecified atom stereocenters. The second-order valence-corrected chi connectivity index (χ2v) is 1.26. The van der Waals surface area contributed by atoms with Crippen molar-refractivity contribution >= 4 is 0 Å². The van der Waals surface area contributed by atoms with Gasteiger partial charge in [-0.15, -0.1) is 4.91 Å². The maximum atomic E-state index is 9.21. The topological polar surface area (TPSA) is 73.7 Å². The number of unbranched alkanes of at least 4 members (excludes halogenated alkanes) is 1. The summed E-state index contributed by atoms with van der Waals surface area (Å²) < 4.78 is 0. The second kappa shape index (κ2) is 9.61. The fraction of sp³-hybridized carbons (Fsp3) is 1.00. The van der Waals surface area contributed by atoms with Gasteiger partial charge >= 0.3 is 0 Å². The highest BCUT2D eigenvalue weighted by Crippen LogP contribution is 1.86. The van der Waals surface area contributed by atoms with Crippen molar-refractivity contribution in [2.24, 2.45) is 5.34 Å². The standard InChI is InChI=1S/C4H9NO2.H3N/c1-2-3-4-7-5-6;/h2-4H2,1H3;1H3. The molecule has 0 atom stereocenters. The summed E-state index contributed by atoms with van der Waals surface area (Å²) in [6.07, 6.45) is 1.95. The van der Waals surface area contributed by atoms with Crippen LogP contribution in [-0.4, -0.2) is 6.61 Å². The van der Waals surface area contributed by atoms with Crippen LogP contribution in [0.15, 0.2) is 5.34 Å². The van der Waals surface area contributed by atoms with Crippen LogP contribution >= 0.6 is 0 Å². The van der Waals surface area contributed by atoms with Crippen molar-refractivity contribution in [3.05, 3.63) is 4.91 Å². The van der Waals surface area contributed by atoms with E-state index in [2.05, 4.69) is 10.2 Å². The van der Waals surface area contributed by atoms with Gasteiger partial charge < -0.3 is 11.0 Å². The van der Waals surface area contributed by atoms with Crippen molar-refractivity contribution in [1.29, 1.82) is 0 Å². The smallest absolute Gasteiger partial charge is 0.155 e. The predicted octanol–water partition coefficient (Wildman–Crippen LogP) is 1.65. The molecule has 0 spiro atoms. The molecule has 0 aliphatic carbocycles. The lowest BCUT2D eigenvalue weighted by atomic mass is 10.4. The Morgan fingerprint density at radius 2 is 2.25 bits per heavy atom. The Hall–Kier alpha value is -0.640. The zero-order chi connectivity index (χ0) is 5.54. The van der Waals surface area contributed by atoms with E-state index in [9.17, 15) is 4.91 Å². The minimum Gasteiger partial charge on any atom is -0.364 e. The first-order valence-corrected chi connectivity index (χ1v) is 2.36. The molecule has 0 bridgehead atoms. The van der Waals surface area contributed by atoms with Gasteiger partial charge in [-0.3, -0.25) is 0 Å². The molecule has 0 radical (unpaired) electrons. The summed E-state index contributed by atoms with van der Waals surface area (Å²) >= 11 is 0. The highest BCUT2D eigenvalue weighted by molar-refractivity contribution is 4.26. The molecule has 0 aliphatic heterocycles. The van der Waals surface area contributed by atoms with E-state index in [1.807, 2.05) is 6.92 Å². The molecule has 0 amide bonds. The van der Waals surface area contributed by atoms with Crippen LogP contribution in [0.25, 0.3) is 0 Å². The summed E-state index contributed by atoms with van der Waals surface area (Å²) in [5, 5.41) is 2.22. The first-order chi connectivity index (χ1) is 3.41. The number of hydrogen-bond donors (Lipinski definition) is 1. The van der Waals surface area contributed by atoms with Crippen molar-refractivity contribution in [2.75, 3.05) is 6.61 Å². The zero-order valence-corrected chi connectivity index (χ0v) is 5.09. The maximum Gasteiger partial charge on any atom is 0.155 e. The quantitative estimate of drug-likeness (QED) is 0.348. The molecule has 0 aromatic carbocycles. The van der Waals surface area contributed by atoms with E-state index in [0.29, 0.717) is 6.61 Å². The Morgan fingerprint density at radius 3 is 2.62 bits per heavy atom. The lowest BCUT2D eigenvalue weighted by molar-refractivity contribution is 0.136. The second-order valence-electron chi connectivity index (χ2n) is 1.26. The maximum absolute atomic E-state index is 9.21. The molecule has 0 aromatic heterocycles. The average molecular weight is 120 g/mol. The summed E-state index contributed by atoms with van der Waals surface area (Å²) in [5.41, 5.74) is 0. The molecule has 0 saturated heterocycles. The van der Waals surface area contributed by atoms with Crippen molar-refractivity contribution < 1.29 is 4.84 Å². The van der Waals surface area contributed by atoms with Gasteiger partial charge in [-0.25, -0.2) is 0 Å². The van der Waals surface area contributed by atoms with Crippen LogP contribution in [0.5, 0.6) is 0 Å². The van der Waals surface area contributed by atoms with Gasteiger partial charge in [0.2, 0.25) is 0 Å². The van der Waals surface area contributed by atoms with Crippen molar-refractivity contribution in [3.63, 3.8) is 0 Å². The fourth-order valence-corrected chi connectivity index (χ4v) is 0.246. The van der Waals surface area contributed by atoms with Gasteiger partial charge in [0.15, 0.2) is 5.34 Å². The molecule has 0 saturated carbocycles. The largest absolute Gasteiger partial charge is 0.364 e. The fourth-order valence-electron chi connectivity index (χ4n) is 0.246. The van der Waals surface area contributed by atoms with E-state index < -0.39 is 0 Å². The molecule has 0 fully saturated rings. The lowest BCUT2D eigenvalue weighted by Crippen LogP contribution is -1.83.